The van der Waals surface area contributed by atoms with Crippen molar-refractivity contribution in [1.82, 2.24) is 4.98 Å². The standard InChI is InChI=1S/C14H22N4O2/c1-3-7-15-13-9-12(18(19)20)10-14(16-13)17-8-5-6-11(17)4-2/h9-11H,3-8H2,1-2H3,(H,15,16). The van der Waals surface area contributed by atoms with Gasteiger partial charge in [0.2, 0.25) is 0 Å². The van der Waals surface area contributed by atoms with Gasteiger partial charge >= 0.3 is 0 Å². The van der Waals surface area contributed by atoms with Gasteiger partial charge in [-0.05, 0) is 25.7 Å². The summed E-state index contributed by atoms with van der Waals surface area (Å²) in [6.45, 7) is 5.90. The van der Waals surface area contributed by atoms with Crippen LogP contribution in [0.3, 0.4) is 0 Å². The molecule has 6 heteroatoms. The fourth-order valence-electron chi connectivity index (χ4n) is 2.66. The number of anilines is 2. The van der Waals surface area contributed by atoms with Gasteiger partial charge in [-0.2, -0.15) is 0 Å². The predicted octanol–water partition coefficient (Wildman–Crippen LogP) is 3.19. The van der Waals surface area contributed by atoms with Crippen molar-refractivity contribution in [2.45, 2.75) is 45.6 Å². The van der Waals surface area contributed by atoms with Crippen LogP contribution in [0.4, 0.5) is 17.3 Å². The fourth-order valence-corrected chi connectivity index (χ4v) is 2.66. The number of aromatic nitrogens is 1. The van der Waals surface area contributed by atoms with E-state index in [9.17, 15) is 10.1 Å². The molecule has 0 saturated carbocycles. The van der Waals surface area contributed by atoms with E-state index in [2.05, 4.69) is 29.0 Å². The molecule has 0 bridgehead atoms. The maximum Gasteiger partial charge on any atom is 0.276 e. The molecule has 0 aliphatic carbocycles. The summed E-state index contributed by atoms with van der Waals surface area (Å²) in [4.78, 5) is 17.5. The zero-order valence-corrected chi connectivity index (χ0v) is 12.1. The second-order valence-corrected chi connectivity index (χ2v) is 5.15. The van der Waals surface area contributed by atoms with E-state index in [1.165, 1.54) is 6.07 Å². The van der Waals surface area contributed by atoms with Crippen molar-refractivity contribution in [3.63, 3.8) is 0 Å². The maximum absolute atomic E-state index is 11.1. The van der Waals surface area contributed by atoms with Gasteiger partial charge in [-0.15, -0.1) is 0 Å². The van der Waals surface area contributed by atoms with E-state index in [-0.39, 0.29) is 10.6 Å². The lowest BCUT2D eigenvalue weighted by Crippen LogP contribution is -2.29. The summed E-state index contributed by atoms with van der Waals surface area (Å²) in [6.07, 6.45) is 4.27. The average molecular weight is 278 g/mol. The molecule has 2 heterocycles. The number of hydrogen-bond acceptors (Lipinski definition) is 5. The van der Waals surface area contributed by atoms with Gasteiger partial charge in [0.25, 0.3) is 5.69 Å². The lowest BCUT2D eigenvalue weighted by molar-refractivity contribution is -0.384. The number of nitrogens with zero attached hydrogens (tertiary/aromatic N) is 3. The van der Waals surface area contributed by atoms with Crippen molar-refractivity contribution >= 4 is 17.3 Å². The molecule has 2 rings (SSSR count). The summed E-state index contributed by atoms with van der Waals surface area (Å²) in [5.41, 5.74) is 0.107. The first kappa shape index (κ1) is 14.6. The summed E-state index contributed by atoms with van der Waals surface area (Å²) < 4.78 is 0. The molecule has 0 spiro atoms. The fraction of sp³-hybridized carbons (Fsp3) is 0.643. The Hall–Kier alpha value is -1.85. The smallest absolute Gasteiger partial charge is 0.276 e. The molecule has 20 heavy (non-hydrogen) atoms. The molecule has 1 unspecified atom stereocenters. The van der Waals surface area contributed by atoms with Gasteiger partial charge in [0, 0.05) is 19.1 Å². The highest BCUT2D eigenvalue weighted by molar-refractivity contribution is 5.56. The number of rotatable bonds is 6. The summed E-state index contributed by atoms with van der Waals surface area (Å²) in [5, 5.41) is 14.2. The largest absolute Gasteiger partial charge is 0.370 e. The van der Waals surface area contributed by atoms with Crippen molar-refractivity contribution in [1.29, 1.82) is 0 Å². The van der Waals surface area contributed by atoms with Crippen LogP contribution >= 0.6 is 0 Å². The first-order valence-electron chi connectivity index (χ1n) is 7.32. The summed E-state index contributed by atoms with van der Waals surface area (Å²) in [6, 6.07) is 3.55. The molecule has 1 aliphatic heterocycles. The monoisotopic (exact) mass is 278 g/mol. The van der Waals surface area contributed by atoms with Crippen LogP contribution in [-0.4, -0.2) is 29.0 Å². The van der Waals surface area contributed by atoms with E-state index in [0.717, 1.165) is 44.6 Å². The number of nitrogens with one attached hydrogen (secondary N) is 1. The molecular weight excluding hydrogens is 256 g/mol. The number of pyridine rings is 1. The Labute approximate surface area is 119 Å². The third-order valence-corrected chi connectivity index (χ3v) is 3.71. The molecule has 1 fully saturated rings. The van der Waals surface area contributed by atoms with Crippen molar-refractivity contribution in [2.24, 2.45) is 0 Å². The molecule has 1 N–H and O–H groups in total. The van der Waals surface area contributed by atoms with Crippen LogP contribution in [0.1, 0.15) is 39.5 Å². The third-order valence-electron chi connectivity index (χ3n) is 3.71. The van der Waals surface area contributed by atoms with Gasteiger partial charge in [-0.3, -0.25) is 10.1 Å². The Morgan fingerprint density at radius 1 is 1.50 bits per heavy atom. The van der Waals surface area contributed by atoms with Gasteiger partial charge < -0.3 is 10.2 Å². The van der Waals surface area contributed by atoms with E-state index in [0.29, 0.717) is 11.9 Å². The van der Waals surface area contributed by atoms with Crippen molar-refractivity contribution in [3.05, 3.63) is 22.2 Å². The van der Waals surface area contributed by atoms with Crippen LogP contribution in [0.5, 0.6) is 0 Å². The lowest BCUT2D eigenvalue weighted by atomic mass is 10.2. The summed E-state index contributed by atoms with van der Waals surface area (Å²) >= 11 is 0. The predicted molar refractivity (Wildman–Crippen MR) is 80.3 cm³/mol. The molecule has 6 nitrogen and oxygen atoms in total. The zero-order valence-electron chi connectivity index (χ0n) is 12.1. The Balaban J connectivity index is 2.30. The van der Waals surface area contributed by atoms with Crippen LogP contribution in [-0.2, 0) is 0 Å². The SMILES string of the molecule is CCCNc1cc([N+](=O)[O-])cc(N2CCCC2CC)n1. The second kappa shape index (κ2) is 6.54. The van der Waals surface area contributed by atoms with Crippen molar-refractivity contribution < 1.29 is 4.92 Å². The topological polar surface area (TPSA) is 71.3 Å². The molecule has 1 atom stereocenters. The molecule has 0 aromatic carbocycles. The van der Waals surface area contributed by atoms with Crippen LogP contribution < -0.4 is 10.2 Å². The minimum Gasteiger partial charge on any atom is -0.370 e. The van der Waals surface area contributed by atoms with Gasteiger partial charge in [0.05, 0.1) is 17.1 Å². The zero-order chi connectivity index (χ0) is 14.5. The quantitative estimate of drug-likeness (QED) is 0.639. The molecule has 1 aliphatic rings. The van der Waals surface area contributed by atoms with E-state index in [1.807, 2.05) is 0 Å². The molecule has 0 amide bonds. The highest BCUT2D eigenvalue weighted by Gasteiger charge is 2.26. The molecular formula is C14H22N4O2. The Kier molecular flexibility index (Phi) is 4.76. The Bertz CT molecular complexity index is 478. The maximum atomic E-state index is 11.1. The normalized spacial score (nSPS) is 18.3. The summed E-state index contributed by atoms with van der Waals surface area (Å²) in [5.74, 6) is 1.32. The minimum atomic E-state index is -0.348. The van der Waals surface area contributed by atoms with E-state index in [1.54, 1.807) is 6.07 Å². The van der Waals surface area contributed by atoms with Crippen LogP contribution in [0.2, 0.25) is 0 Å². The van der Waals surface area contributed by atoms with Crippen molar-refractivity contribution in [3.8, 4) is 0 Å². The molecule has 1 aromatic heterocycles. The second-order valence-electron chi connectivity index (χ2n) is 5.15. The highest BCUT2D eigenvalue weighted by atomic mass is 16.6. The van der Waals surface area contributed by atoms with E-state index in [4.69, 9.17) is 0 Å². The Morgan fingerprint density at radius 2 is 2.30 bits per heavy atom. The van der Waals surface area contributed by atoms with Crippen LogP contribution in [0, 0.1) is 10.1 Å². The Morgan fingerprint density at radius 3 is 2.95 bits per heavy atom. The first-order valence-corrected chi connectivity index (χ1v) is 7.32. The molecule has 1 aromatic rings. The average Bonchev–Trinajstić information content (AvgIpc) is 2.93. The third kappa shape index (κ3) is 3.18. The summed E-state index contributed by atoms with van der Waals surface area (Å²) in [7, 11) is 0. The van der Waals surface area contributed by atoms with E-state index < -0.39 is 0 Å². The first-order chi connectivity index (χ1) is 9.65. The van der Waals surface area contributed by atoms with Crippen molar-refractivity contribution in [2.75, 3.05) is 23.3 Å². The molecule has 1 saturated heterocycles. The van der Waals surface area contributed by atoms with Gasteiger partial charge in [-0.25, -0.2) is 4.98 Å². The minimum absolute atomic E-state index is 0.107. The van der Waals surface area contributed by atoms with E-state index >= 15 is 0 Å². The highest BCUT2D eigenvalue weighted by Crippen LogP contribution is 2.30. The molecule has 0 radical (unpaired) electrons. The van der Waals surface area contributed by atoms with Crippen LogP contribution in [0.15, 0.2) is 12.1 Å². The van der Waals surface area contributed by atoms with Gasteiger partial charge in [0.1, 0.15) is 11.6 Å². The molecule has 110 valence electrons. The van der Waals surface area contributed by atoms with Crippen LogP contribution in [0.25, 0.3) is 0 Å². The number of nitro groups is 1. The lowest BCUT2D eigenvalue weighted by Gasteiger charge is -2.25. The van der Waals surface area contributed by atoms with Gasteiger partial charge in [-0.1, -0.05) is 13.8 Å². The number of hydrogen-bond donors (Lipinski definition) is 1. The van der Waals surface area contributed by atoms with Gasteiger partial charge in [0.15, 0.2) is 0 Å².